The summed E-state index contributed by atoms with van der Waals surface area (Å²) in [6.07, 6.45) is -4.51. The van der Waals surface area contributed by atoms with Gasteiger partial charge in [0.1, 0.15) is 12.6 Å². The van der Waals surface area contributed by atoms with Gasteiger partial charge in [-0.15, -0.1) is 0 Å². The van der Waals surface area contributed by atoms with Crippen molar-refractivity contribution in [1.82, 2.24) is 10.2 Å². The second-order valence-corrected chi connectivity index (χ2v) is 10.9. The number of carbonyl (C=O) groups is 2. The summed E-state index contributed by atoms with van der Waals surface area (Å²) in [5.74, 6) is -1.26. The van der Waals surface area contributed by atoms with Crippen molar-refractivity contribution >= 4 is 39.1 Å². The molecule has 0 fully saturated rings. The minimum absolute atomic E-state index is 0.0606. The number of halogens is 4. The molecule has 0 aliphatic carbocycles. The predicted molar refractivity (Wildman–Crippen MR) is 143 cm³/mol. The zero-order valence-electron chi connectivity index (χ0n) is 21.2. The van der Waals surface area contributed by atoms with Crippen LogP contribution in [0.5, 0.6) is 0 Å². The van der Waals surface area contributed by atoms with Gasteiger partial charge in [0.05, 0.1) is 21.2 Å². The SMILES string of the molecule is CNC(=O)[C@H](C)N(CCc1ccccc1)C(=O)CN(c1ccc(Cl)c(C(F)(F)F)c1)S(=O)(=O)c1ccccc1. The minimum Gasteiger partial charge on any atom is -0.357 e. The molecule has 0 unspecified atom stereocenters. The maximum atomic E-state index is 13.6. The average Bonchev–Trinajstić information content (AvgIpc) is 2.92. The van der Waals surface area contributed by atoms with Crippen LogP contribution in [0.15, 0.2) is 83.8 Å². The van der Waals surface area contributed by atoms with E-state index in [0.717, 1.165) is 17.7 Å². The fourth-order valence-corrected chi connectivity index (χ4v) is 5.56. The lowest BCUT2D eigenvalue weighted by molar-refractivity contribution is -0.138. The third kappa shape index (κ3) is 7.30. The molecule has 3 aromatic carbocycles. The second-order valence-electron chi connectivity index (χ2n) is 8.60. The van der Waals surface area contributed by atoms with Crippen LogP contribution in [0.25, 0.3) is 0 Å². The number of anilines is 1. The van der Waals surface area contributed by atoms with Crippen molar-refractivity contribution in [1.29, 1.82) is 0 Å². The highest BCUT2D eigenvalue weighted by atomic mass is 35.5. The molecule has 1 atom stereocenters. The van der Waals surface area contributed by atoms with Gasteiger partial charge in [-0.1, -0.05) is 60.1 Å². The maximum absolute atomic E-state index is 13.6. The van der Waals surface area contributed by atoms with Gasteiger partial charge >= 0.3 is 6.18 Å². The van der Waals surface area contributed by atoms with Gasteiger partial charge in [0, 0.05) is 13.6 Å². The molecular weight excluding hydrogens is 555 g/mol. The Balaban J connectivity index is 2.06. The van der Waals surface area contributed by atoms with Crippen molar-refractivity contribution in [3.05, 3.63) is 95.0 Å². The summed E-state index contributed by atoms with van der Waals surface area (Å²) in [4.78, 5) is 27.1. The summed E-state index contributed by atoms with van der Waals surface area (Å²) < 4.78 is 68.8. The molecule has 39 heavy (non-hydrogen) atoms. The highest BCUT2D eigenvalue weighted by Gasteiger charge is 2.36. The Morgan fingerprint density at radius 2 is 1.56 bits per heavy atom. The molecule has 0 aliphatic heterocycles. The van der Waals surface area contributed by atoms with Crippen LogP contribution in [-0.4, -0.2) is 51.3 Å². The van der Waals surface area contributed by atoms with Gasteiger partial charge in [0.15, 0.2) is 0 Å². The first-order chi connectivity index (χ1) is 18.4. The highest BCUT2D eigenvalue weighted by molar-refractivity contribution is 7.92. The van der Waals surface area contributed by atoms with Crippen LogP contribution in [0.2, 0.25) is 5.02 Å². The number of sulfonamides is 1. The van der Waals surface area contributed by atoms with Crippen LogP contribution in [-0.2, 0) is 32.2 Å². The number of amides is 2. The third-order valence-corrected chi connectivity index (χ3v) is 8.17. The highest BCUT2D eigenvalue weighted by Crippen LogP contribution is 2.38. The average molecular weight is 582 g/mol. The second kappa shape index (κ2) is 12.5. The first-order valence-corrected chi connectivity index (χ1v) is 13.7. The van der Waals surface area contributed by atoms with E-state index in [1.165, 1.54) is 43.1 Å². The molecule has 2 amide bonds. The van der Waals surface area contributed by atoms with Gasteiger partial charge in [0.2, 0.25) is 11.8 Å². The Hall–Kier alpha value is -3.57. The van der Waals surface area contributed by atoms with E-state index in [4.69, 9.17) is 11.6 Å². The monoisotopic (exact) mass is 581 g/mol. The van der Waals surface area contributed by atoms with Gasteiger partial charge < -0.3 is 10.2 Å². The summed E-state index contributed by atoms with van der Waals surface area (Å²) in [5.41, 5.74) is -0.776. The van der Waals surface area contributed by atoms with Crippen LogP contribution in [0.4, 0.5) is 18.9 Å². The van der Waals surface area contributed by atoms with Gasteiger partial charge in [-0.3, -0.25) is 13.9 Å². The minimum atomic E-state index is -4.87. The molecule has 0 saturated heterocycles. The van der Waals surface area contributed by atoms with E-state index in [1.807, 2.05) is 30.3 Å². The van der Waals surface area contributed by atoms with Crippen molar-refractivity contribution in [3.8, 4) is 0 Å². The lowest BCUT2D eigenvalue weighted by Gasteiger charge is -2.32. The lowest BCUT2D eigenvalue weighted by atomic mass is 10.1. The number of hydrogen-bond donors (Lipinski definition) is 1. The Morgan fingerprint density at radius 1 is 0.974 bits per heavy atom. The van der Waals surface area contributed by atoms with Crippen LogP contribution in [0.3, 0.4) is 0 Å². The number of nitrogens with zero attached hydrogens (tertiary/aromatic N) is 2. The number of carbonyl (C=O) groups excluding carboxylic acids is 2. The van der Waals surface area contributed by atoms with Crippen LogP contribution in [0.1, 0.15) is 18.1 Å². The molecule has 3 rings (SSSR count). The molecule has 0 aliphatic rings. The van der Waals surface area contributed by atoms with Crippen molar-refractivity contribution in [2.45, 2.75) is 30.5 Å². The summed E-state index contributed by atoms with van der Waals surface area (Å²) in [7, 11) is -3.10. The van der Waals surface area contributed by atoms with E-state index in [-0.39, 0.29) is 11.4 Å². The molecule has 0 saturated carbocycles. The molecule has 12 heteroatoms. The quantitative estimate of drug-likeness (QED) is 0.374. The predicted octanol–water partition coefficient (Wildman–Crippen LogP) is 4.76. The Morgan fingerprint density at radius 3 is 2.13 bits per heavy atom. The van der Waals surface area contributed by atoms with E-state index in [1.54, 1.807) is 6.07 Å². The lowest BCUT2D eigenvalue weighted by Crippen LogP contribution is -2.51. The van der Waals surface area contributed by atoms with Crippen LogP contribution < -0.4 is 9.62 Å². The molecule has 1 N–H and O–H groups in total. The number of benzene rings is 3. The van der Waals surface area contributed by atoms with Crippen molar-refractivity contribution in [3.63, 3.8) is 0 Å². The zero-order chi connectivity index (χ0) is 28.8. The maximum Gasteiger partial charge on any atom is 0.417 e. The molecule has 0 spiro atoms. The molecule has 0 radical (unpaired) electrons. The Bertz CT molecular complexity index is 1400. The third-order valence-electron chi connectivity index (χ3n) is 6.05. The molecule has 0 aromatic heterocycles. The molecule has 3 aromatic rings. The summed E-state index contributed by atoms with van der Waals surface area (Å²) in [6.45, 7) is 0.694. The van der Waals surface area contributed by atoms with Gasteiger partial charge in [0.25, 0.3) is 10.0 Å². The van der Waals surface area contributed by atoms with Gasteiger partial charge in [-0.05, 0) is 49.2 Å². The standard InChI is InChI=1S/C27H27ClF3N3O4S/c1-19(26(36)32-2)33(16-15-20-9-5-3-6-10-20)25(35)18-34(39(37,38)22-11-7-4-8-12-22)21-13-14-24(28)23(17-21)27(29,30)31/h3-14,17,19H,15-16,18H2,1-2H3,(H,32,36)/t19-/m0/s1. The molecule has 7 nitrogen and oxygen atoms in total. The van der Waals surface area contributed by atoms with Gasteiger partial charge in [-0.25, -0.2) is 8.42 Å². The molecule has 0 bridgehead atoms. The molecular formula is C27H27ClF3N3O4S. The topological polar surface area (TPSA) is 86.8 Å². The van der Waals surface area contributed by atoms with Crippen LogP contribution >= 0.6 is 11.6 Å². The zero-order valence-corrected chi connectivity index (χ0v) is 22.7. The summed E-state index contributed by atoms with van der Waals surface area (Å²) in [5, 5.41) is 1.85. The van der Waals surface area contributed by atoms with Crippen molar-refractivity contribution in [2.75, 3.05) is 24.4 Å². The smallest absolute Gasteiger partial charge is 0.357 e. The van der Waals surface area contributed by atoms with E-state index < -0.39 is 56.9 Å². The van der Waals surface area contributed by atoms with Crippen molar-refractivity contribution < 1.29 is 31.2 Å². The fraction of sp³-hybridized carbons (Fsp3) is 0.259. The van der Waals surface area contributed by atoms with Gasteiger partial charge in [-0.2, -0.15) is 13.2 Å². The van der Waals surface area contributed by atoms with E-state index in [0.29, 0.717) is 16.8 Å². The van der Waals surface area contributed by atoms with E-state index >= 15 is 0 Å². The number of rotatable bonds is 10. The molecule has 0 heterocycles. The Labute approximate surface area is 230 Å². The fourth-order valence-electron chi connectivity index (χ4n) is 3.91. The van der Waals surface area contributed by atoms with E-state index in [2.05, 4.69) is 5.32 Å². The van der Waals surface area contributed by atoms with Crippen LogP contribution in [0, 0.1) is 0 Å². The number of likely N-dealkylation sites (N-methyl/N-ethyl adjacent to an activating group) is 1. The first-order valence-electron chi connectivity index (χ1n) is 11.9. The van der Waals surface area contributed by atoms with Crippen molar-refractivity contribution in [2.24, 2.45) is 0 Å². The van der Waals surface area contributed by atoms with E-state index in [9.17, 15) is 31.2 Å². The largest absolute Gasteiger partial charge is 0.417 e. The number of nitrogens with one attached hydrogen (secondary N) is 1. The normalized spacial score (nSPS) is 12.5. The molecule has 208 valence electrons. The Kier molecular flexibility index (Phi) is 9.63. The summed E-state index contributed by atoms with van der Waals surface area (Å²) in [6, 6.07) is 17.8. The number of alkyl halides is 3. The first kappa shape index (κ1) is 30.0. The summed E-state index contributed by atoms with van der Waals surface area (Å²) >= 11 is 5.76. The number of hydrogen-bond acceptors (Lipinski definition) is 4.